The average Bonchev–Trinajstić information content (AvgIpc) is 2.85. The van der Waals surface area contributed by atoms with Crippen LogP contribution in [0.5, 0.6) is 0 Å². The minimum absolute atomic E-state index is 0.106. The Morgan fingerprint density at radius 2 is 2.12 bits per heavy atom. The molecule has 124 valence electrons. The Kier molecular flexibility index (Phi) is 3.17. The van der Waals surface area contributed by atoms with Gasteiger partial charge in [0.15, 0.2) is 5.78 Å². The Balaban J connectivity index is 1.95. The molecule has 1 atom stereocenters. The highest BCUT2D eigenvalue weighted by Gasteiger charge is 2.42. The third kappa shape index (κ3) is 2.27. The number of benzene rings is 1. The van der Waals surface area contributed by atoms with E-state index in [-0.39, 0.29) is 22.9 Å². The van der Waals surface area contributed by atoms with Crippen LogP contribution in [0, 0.1) is 18.2 Å². The van der Waals surface area contributed by atoms with Gasteiger partial charge in [0.2, 0.25) is 5.88 Å². The molecule has 0 radical (unpaired) electrons. The Hall–Kier alpha value is -2.43. The van der Waals surface area contributed by atoms with E-state index < -0.39 is 0 Å². The van der Waals surface area contributed by atoms with Gasteiger partial charge in [0.1, 0.15) is 5.82 Å². The molecule has 2 aromatic rings. The smallest absolute Gasteiger partial charge is 0.233 e. The fourth-order valence-electron chi connectivity index (χ4n) is 3.89. The minimum atomic E-state index is -0.332. The lowest BCUT2D eigenvalue weighted by molar-refractivity contribution is -0.118. The van der Waals surface area contributed by atoms with Gasteiger partial charge in [-0.2, -0.15) is 0 Å². The van der Waals surface area contributed by atoms with Crippen LogP contribution >= 0.6 is 0 Å². The van der Waals surface area contributed by atoms with Crippen LogP contribution in [0.1, 0.15) is 49.4 Å². The van der Waals surface area contributed by atoms with E-state index in [1.54, 1.807) is 6.07 Å². The molecule has 0 bridgehead atoms. The van der Waals surface area contributed by atoms with Gasteiger partial charge in [0.05, 0.1) is 11.3 Å². The first-order valence-electron chi connectivity index (χ1n) is 8.11. The molecular formula is C19H19FN2O2. The van der Waals surface area contributed by atoms with Crippen molar-refractivity contribution in [1.82, 2.24) is 5.16 Å². The van der Waals surface area contributed by atoms with Gasteiger partial charge in [-0.25, -0.2) is 4.39 Å². The summed E-state index contributed by atoms with van der Waals surface area (Å²) in [4.78, 5) is 12.9. The molecule has 1 aromatic carbocycles. The third-order valence-electron chi connectivity index (χ3n) is 4.85. The van der Waals surface area contributed by atoms with Crippen LogP contribution in [0.25, 0.3) is 0 Å². The molecule has 1 N–H and O–H groups in total. The number of nitrogens with one attached hydrogen (secondary N) is 1. The van der Waals surface area contributed by atoms with E-state index in [0.29, 0.717) is 12.3 Å². The van der Waals surface area contributed by atoms with Crippen molar-refractivity contribution in [3.8, 4) is 0 Å². The second-order valence-corrected chi connectivity index (χ2v) is 7.46. The molecular weight excluding hydrogens is 307 g/mol. The Morgan fingerprint density at radius 3 is 2.88 bits per heavy atom. The number of Topliss-reactive ketones (excluding diaryl/α,β-unsaturated/α-hetero) is 1. The van der Waals surface area contributed by atoms with Gasteiger partial charge >= 0.3 is 0 Å². The number of allylic oxidation sites excluding steroid dienone is 2. The number of ketones is 1. The van der Waals surface area contributed by atoms with E-state index in [0.717, 1.165) is 34.5 Å². The van der Waals surface area contributed by atoms with Crippen LogP contribution in [-0.2, 0) is 4.79 Å². The topological polar surface area (TPSA) is 55.1 Å². The fourth-order valence-corrected chi connectivity index (χ4v) is 3.89. The lowest BCUT2D eigenvalue weighted by Crippen LogP contribution is -2.33. The molecule has 0 amide bonds. The summed E-state index contributed by atoms with van der Waals surface area (Å²) >= 11 is 0. The SMILES string of the molecule is Cc1noc2c1[C@@H](c1cccc(F)c1)C1=C(CC(C)(C)CC1=O)N2. The van der Waals surface area contributed by atoms with Gasteiger partial charge in [-0.3, -0.25) is 4.79 Å². The molecule has 0 saturated heterocycles. The number of halogens is 1. The second-order valence-electron chi connectivity index (χ2n) is 7.46. The first kappa shape index (κ1) is 15.1. The highest BCUT2D eigenvalue weighted by molar-refractivity contribution is 6.01. The Morgan fingerprint density at radius 1 is 1.33 bits per heavy atom. The first-order chi connectivity index (χ1) is 11.4. The van der Waals surface area contributed by atoms with E-state index in [9.17, 15) is 9.18 Å². The number of hydrogen-bond donors (Lipinski definition) is 1. The van der Waals surface area contributed by atoms with Gasteiger partial charge < -0.3 is 9.84 Å². The van der Waals surface area contributed by atoms with Crippen LogP contribution in [0.15, 0.2) is 40.1 Å². The number of fused-ring (bicyclic) bond motifs is 1. The molecule has 5 heteroatoms. The molecule has 4 rings (SSSR count). The summed E-state index contributed by atoms with van der Waals surface area (Å²) in [5.74, 6) is 0.0227. The van der Waals surface area contributed by atoms with Crippen molar-refractivity contribution in [3.63, 3.8) is 0 Å². The Labute approximate surface area is 139 Å². The minimum Gasteiger partial charge on any atom is -0.338 e. The zero-order chi connectivity index (χ0) is 17.1. The number of rotatable bonds is 1. The highest BCUT2D eigenvalue weighted by Crippen LogP contribution is 2.49. The maximum atomic E-state index is 13.8. The van der Waals surface area contributed by atoms with Crippen molar-refractivity contribution in [3.05, 3.63) is 58.2 Å². The van der Waals surface area contributed by atoms with Crippen molar-refractivity contribution in [1.29, 1.82) is 0 Å². The number of anilines is 1. The van der Waals surface area contributed by atoms with E-state index in [4.69, 9.17) is 4.52 Å². The second kappa shape index (κ2) is 5.03. The summed E-state index contributed by atoms with van der Waals surface area (Å²) in [6, 6.07) is 6.43. The summed E-state index contributed by atoms with van der Waals surface area (Å²) in [5.41, 5.74) is 3.78. The van der Waals surface area contributed by atoms with Gasteiger partial charge in [-0.1, -0.05) is 31.1 Å². The summed E-state index contributed by atoms with van der Waals surface area (Å²) in [5, 5.41) is 7.30. The van der Waals surface area contributed by atoms with E-state index >= 15 is 0 Å². The molecule has 2 aliphatic rings. The molecule has 4 nitrogen and oxygen atoms in total. The van der Waals surface area contributed by atoms with Crippen molar-refractivity contribution in [2.75, 3.05) is 5.32 Å². The summed E-state index contributed by atoms with van der Waals surface area (Å²) < 4.78 is 19.2. The number of carbonyl (C=O) groups is 1. The van der Waals surface area contributed by atoms with Crippen LogP contribution in [0.4, 0.5) is 10.3 Å². The zero-order valence-corrected chi connectivity index (χ0v) is 13.9. The predicted molar refractivity (Wildman–Crippen MR) is 88.2 cm³/mol. The predicted octanol–water partition coefficient (Wildman–Crippen LogP) is 4.32. The van der Waals surface area contributed by atoms with Crippen molar-refractivity contribution < 1.29 is 13.7 Å². The molecule has 24 heavy (non-hydrogen) atoms. The fraction of sp³-hybridized carbons (Fsp3) is 0.368. The van der Waals surface area contributed by atoms with Crippen molar-refractivity contribution >= 4 is 11.7 Å². The van der Waals surface area contributed by atoms with Crippen molar-refractivity contribution in [2.24, 2.45) is 5.41 Å². The van der Waals surface area contributed by atoms with Gasteiger partial charge in [0, 0.05) is 23.6 Å². The van der Waals surface area contributed by atoms with Crippen molar-refractivity contribution in [2.45, 2.75) is 39.5 Å². The largest absolute Gasteiger partial charge is 0.338 e. The number of aromatic nitrogens is 1. The van der Waals surface area contributed by atoms with Gasteiger partial charge in [-0.05, 0) is 36.5 Å². The van der Waals surface area contributed by atoms with Gasteiger partial charge in [-0.15, -0.1) is 0 Å². The lowest BCUT2D eigenvalue weighted by atomic mass is 9.69. The number of carbonyl (C=O) groups excluding carboxylic acids is 1. The van der Waals surface area contributed by atoms with E-state index in [2.05, 4.69) is 24.3 Å². The lowest BCUT2D eigenvalue weighted by Gasteiger charge is -2.37. The first-order valence-corrected chi connectivity index (χ1v) is 8.11. The number of nitrogens with zero attached hydrogens (tertiary/aromatic N) is 1. The van der Waals surface area contributed by atoms with E-state index in [1.807, 2.05) is 13.0 Å². The third-order valence-corrected chi connectivity index (χ3v) is 4.85. The standard InChI is InChI=1S/C19H19FN2O2/c1-10-15-16(11-5-4-6-12(20)7-11)17-13(21-18(15)24-22-10)8-19(2,3)9-14(17)23/h4-7,16,21H,8-9H2,1-3H3/t16-/m1/s1. The molecule has 2 heterocycles. The summed E-state index contributed by atoms with van der Waals surface area (Å²) in [6.45, 7) is 6.00. The maximum Gasteiger partial charge on any atom is 0.233 e. The molecule has 0 fully saturated rings. The van der Waals surface area contributed by atoms with E-state index in [1.165, 1.54) is 12.1 Å². The molecule has 0 spiro atoms. The van der Waals surface area contributed by atoms with Crippen LogP contribution in [-0.4, -0.2) is 10.9 Å². The molecule has 1 aromatic heterocycles. The summed E-state index contributed by atoms with van der Waals surface area (Å²) in [7, 11) is 0. The monoisotopic (exact) mass is 326 g/mol. The molecule has 1 aliphatic carbocycles. The highest BCUT2D eigenvalue weighted by atomic mass is 19.1. The normalized spacial score (nSPS) is 22.0. The summed E-state index contributed by atoms with van der Waals surface area (Å²) in [6.07, 6.45) is 1.23. The molecule has 0 unspecified atom stereocenters. The quantitative estimate of drug-likeness (QED) is 0.848. The Bertz CT molecular complexity index is 879. The number of aryl methyl sites for hydroxylation is 1. The molecule has 0 saturated carbocycles. The van der Waals surface area contributed by atoms with Crippen LogP contribution in [0.3, 0.4) is 0 Å². The maximum absolute atomic E-state index is 13.8. The number of hydrogen-bond acceptors (Lipinski definition) is 4. The van der Waals surface area contributed by atoms with Crippen LogP contribution in [0.2, 0.25) is 0 Å². The average molecular weight is 326 g/mol. The van der Waals surface area contributed by atoms with Gasteiger partial charge in [0.25, 0.3) is 0 Å². The zero-order valence-electron chi connectivity index (χ0n) is 13.9. The van der Waals surface area contributed by atoms with Crippen LogP contribution < -0.4 is 5.32 Å². The molecule has 1 aliphatic heterocycles.